The Hall–Kier alpha value is -2.06. The van der Waals surface area contributed by atoms with Gasteiger partial charge in [-0.2, -0.15) is 0 Å². The van der Waals surface area contributed by atoms with E-state index in [0.717, 1.165) is 31.2 Å². The SMILES string of the molecule is CCOC(=O)COc1cc(/C=C2/SC(=S)N(C3CCCCC3)C2=O)ccc1OC. The number of hydrogen-bond acceptors (Lipinski definition) is 7. The summed E-state index contributed by atoms with van der Waals surface area (Å²) in [4.78, 5) is 26.9. The van der Waals surface area contributed by atoms with Crippen molar-refractivity contribution in [2.45, 2.75) is 45.1 Å². The minimum absolute atomic E-state index is 0.0308. The number of thioether (sulfide) groups is 1. The molecule has 0 aromatic heterocycles. The van der Waals surface area contributed by atoms with Crippen molar-refractivity contribution in [3.63, 3.8) is 0 Å². The van der Waals surface area contributed by atoms with E-state index in [4.69, 9.17) is 26.4 Å². The van der Waals surface area contributed by atoms with E-state index in [1.807, 2.05) is 6.07 Å². The van der Waals surface area contributed by atoms with Gasteiger partial charge >= 0.3 is 5.97 Å². The summed E-state index contributed by atoms with van der Waals surface area (Å²) < 4.78 is 16.4. The summed E-state index contributed by atoms with van der Waals surface area (Å²) in [5, 5.41) is 0. The molecule has 6 nitrogen and oxygen atoms in total. The highest BCUT2D eigenvalue weighted by Crippen LogP contribution is 2.38. The van der Waals surface area contributed by atoms with Crippen LogP contribution in [0.4, 0.5) is 0 Å². The van der Waals surface area contributed by atoms with E-state index in [9.17, 15) is 9.59 Å². The van der Waals surface area contributed by atoms with Crippen LogP contribution in [-0.4, -0.2) is 47.5 Å². The van der Waals surface area contributed by atoms with Gasteiger partial charge in [-0.05, 0) is 43.5 Å². The van der Waals surface area contributed by atoms with Crippen LogP contribution in [0, 0.1) is 0 Å². The molecule has 1 aromatic carbocycles. The Kier molecular flexibility index (Phi) is 7.55. The molecule has 2 aliphatic rings. The second-order valence-corrected chi connectivity index (χ2v) is 8.52. The fourth-order valence-electron chi connectivity index (χ4n) is 3.52. The second-order valence-electron chi connectivity index (χ2n) is 6.85. The van der Waals surface area contributed by atoms with Crippen molar-refractivity contribution >= 4 is 46.3 Å². The van der Waals surface area contributed by atoms with Crippen molar-refractivity contribution in [3.8, 4) is 11.5 Å². The van der Waals surface area contributed by atoms with Gasteiger partial charge in [0.1, 0.15) is 4.32 Å². The van der Waals surface area contributed by atoms with Gasteiger partial charge in [-0.25, -0.2) is 4.79 Å². The third kappa shape index (κ3) is 5.30. The molecule has 0 radical (unpaired) electrons. The van der Waals surface area contributed by atoms with Gasteiger partial charge in [0.2, 0.25) is 0 Å². The monoisotopic (exact) mass is 435 g/mol. The molecule has 1 saturated carbocycles. The van der Waals surface area contributed by atoms with Crippen LogP contribution in [0.15, 0.2) is 23.1 Å². The molecule has 0 N–H and O–H groups in total. The fraction of sp³-hybridized carbons (Fsp3) is 0.476. The highest BCUT2D eigenvalue weighted by atomic mass is 32.2. The average Bonchev–Trinajstić information content (AvgIpc) is 3.00. The molecular weight excluding hydrogens is 410 g/mol. The maximum atomic E-state index is 12.9. The predicted octanol–water partition coefficient (Wildman–Crippen LogP) is 4.17. The number of benzene rings is 1. The molecule has 1 aliphatic carbocycles. The van der Waals surface area contributed by atoms with Gasteiger partial charge in [-0.1, -0.05) is 49.3 Å². The molecule has 0 atom stereocenters. The molecule has 1 aliphatic heterocycles. The first-order valence-corrected chi connectivity index (χ1v) is 11.0. The maximum Gasteiger partial charge on any atom is 0.344 e. The first-order chi connectivity index (χ1) is 14.0. The largest absolute Gasteiger partial charge is 0.493 e. The topological polar surface area (TPSA) is 65.1 Å². The zero-order chi connectivity index (χ0) is 20.8. The first-order valence-electron chi connectivity index (χ1n) is 9.77. The molecule has 1 heterocycles. The summed E-state index contributed by atoms with van der Waals surface area (Å²) in [5.74, 6) is 0.434. The third-order valence-electron chi connectivity index (χ3n) is 4.90. The Morgan fingerprint density at radius 3 is 2.72 bits per heavy atom. The van der Waals surface area contributed by atoms with Gasteiger partial charge < -0.3 is 14.2 Å². The number of amides is 1. The number of ether oxygens (including phenoxy) is 3. The van der Waals surface area contributed by atoms with Crippen molar-refractivity contribution < 1.29 is 23.8 Å². The summed E-state index contributed by atoms with van der Waals surface area (Å²) >= 11 is 6.82. The smallest absolute Gasteiger partial charge is 0.344 e. The first kappa shape index (κ1) is 21.6. The average molecular weight is 436 g/mol. The lowest BCUT2D eigenvalue weighted by atomic mass is 9.94. The van der Waals surface area contributed by atoms with Crippen LogP contribution in [0.2, 0.25) is 0 Å². The molecule has 0 bridgehead atoms. The summed E-state index contributed by atoms with van der Waals surface area (Å²) in [7, 11) is 1.53. The molecule has 0 unspecified atom stereocenters. The van der Waals surface area contributed by atoms with Crippen LogP contribution in [0.5, 0.6) is 11.5 Å². The minimum atomic E-state index is -0.451. The zero-order valence-electron chi connectivity index (χ0n) is 16.6. The molecule has 1 amide bonds. The molecule has 3 rings (SSSR count). The molecule has 0 spiro atoms. The summed E-state index contributed by atoms with van der Waals surface area (Å²) in [6, 6.07) is 5.53. The lowest BCUT2D eigenvalue weighted by Gasteiger charge is -2.29. The predicted molar refractivity (Wildman–Crippen MR) is 117 cm³/mol. The second kappa shape index (κ2) is 10.1. The van der Waals surface area contributed by atoms with Crippen molar-refractivity contribution in [2.75, 3.05) is 20.3 Å². The van der Waals surface area contributed by atoms with E-state index < -0.39 is 5.97 Å². The van der Waals surface area contributed by atoms with Gasteiger partial charge in [0, 0.05) is 6.04 Å². The Morgan fingerprint density at radius 2 is 2.03 bits per heavy atom. The number of carbonyl (C=O) groups excluding carboxylic acids is 2. The van der Waals surface area contributed by atoms with Crippen LogP contribution in [0.25, 0.3) is 6.08 Å². The van der Waals surface area contributed by atoms with Crippen LogP contribution < -0.4 is 9.47 Å². The zero-order valence-corrected chi connectivity index (χ0v) is 18.3. The Labute approximate surface area is 180 Å². The van der Waals surface area contributed by atoms with Crippen molar-refractivity contribution in [1.29, 1.82) is 0 Å². The van der Waals surface area contributed by atoms with Crippen LogP contribution in [0.3, 0.4) is 0 Å². The normalized spacial score (nSPS) is 19.0. The fourth-order valence-corrected chi connectivity index (χ4v) is 4.92. The van der Waals surface area contributed by atoms with E-state index in [1.165, 1.54) is 25.3 Å². The summed E-state index contributed by atoms with van der Waals surface area (Å²) in [6.45, 7) is 1.82. The highest BCUT2D eigenvalue weighted by Gasteiger charge is 2.37. The molecule has 8 heteroatoms. The Morgan fingerprint density at radius 1 is 1.28 bits per heavy atom. The van der Waals surface area contributed by atoms with Crippen molar-refractivity contribution in [2.24, 2.45) is 0 Å². The van der Waals surface area contributed by atoms with Crippen LogP contribution in [-0.2, 0) is 14.3 Å². The minimum Gasteiger partial charge on any atom is -0.493 e. The van der Waals surface area contributed by atoms with Gasteiger partial charge in [0.15, 0.2) is 18.1 Å². The number of hydrogen-bond donors (Lipinski definition) is 0. The summed E-state index contributed by atoms with van der Waals surface area (Å²) in [5.41, 5.74) is 0.772. The number of nitrogens with zero attached hydrogens (tertiary/aromatic N) is 1. The number of methoxy groups -OCH3 is 1. The Balaban J connectivity index is 1.77. The van der Waals surface area contributed by atoms with Gasteiger partial charge in [-0.15, -0.1) is 0 Å². The number of esters is 1. The number of carbonyl (C=O) groups is 2. The van der Waals surface area contributed by atoms with E-state index in [0.29, 0.717) is 27.3 Å². The van der Waals surface area contributed by atoms with E-state index in [-0.39, 0.29) is 18.6 Å². The van der Waals surface area contributed by atoms with Crippen molar-refractivity contribution in [3.05, 3.63) is 28.7 Å². The maximum absolute atomic E-state index is 12.9. The number of rotatable bonds is 7. The summed E-state index contributed by atoms with van der Waals surface area (Å²) in [6.07, 6.45) is 7.32. The third-order valence-corrected chi connectivity index (χ3v) is 6.23. The van der Waals surface area contributed by atoms with Gasteiger partial charge in [0.05, 0.1) is 18.6 Å². The van der Waals surface area contributed by atoms with Gasteiger partial charge in [0.25, 0.3) is 5.91 Å². The van der Waals surface area contributed by atoms with E-state index in [2.05, 4.69) is 0 Å². The number of thiocarbonyl (C=S) groups is 1. The van der Waals surface area contributed by atoms with Crippen molar-refractivity contribution in [1.82, 2.24) is 4.90 Å². The Bertz CT molecular complexity index is 817. The van der Waals surface area contributed by atoms with E-state index >= 15 is 0 Å². The lowest BCUT2D eigenvalue weighted by Crippen LogP contribution is -2.39. The van der Waals surface area contributed by atoms with Gasteiger partial charge in [-0.3, -0.25) is 9.69 Å². The standard InChI is InChI=1S/C21H25NO5S2/c1-3-26-19(23)13-27-17-11-14(9-10-16(17)25-2)12-18-20(24)22(21(28)29-18)15-7-5-4-6-8-15/h9-12,15H,3-8,13H2,1-2H3/b18-12+. The molecular formula is C21H25NO5S2. The molecule has 2 fully saturated rings. The van der Waals surface area contributed by atoms with Crippen LogP contribution >= 0.6 is 24.0 Å². The molecule has 156 valence electrons. The quantitative estimate of drug-likeness (QED) is 0.362. The highest BCUT2D eigenvalue weighted by molar-refractivity contribution is 8.26. The lowest BCUT2D eigenvalue weighted by molar-refractivity contribution is -0.145. The van der Waals surface area contributed by atoms with Crippen LogP contribution in [0.1, 0.15) is 44.6 Å². The molecule has 29 heavy (non-hydrogen) atoms. The molecule has 1 saturated heterocycles. The molecule has 1 aromatic rings. The van der Waals surface area contributed by atoms with E-state index in [1.54, 1.807) is 30.0 Å².